The van der Waals surface area contributed by atoms with Crippen LogP contribution in [0.3, 0.4) is 0 Å². The maximum absolute atomic E-state index is 3.99. The molecule has 0 spiro atoms. The second-order valence-corrected chi connectivity index (χ2v) is 3.53. The lowest BCUT2D eigenvalue weighted by Gasteiger charge is -2.04. The number of hydrogen-bond acceptors (Lipinski definition) is 3. The minimum absolute atomic E-state index is 0.442. The highest BCUT2D eigenvalue weighted by Crippen LogP contribution is 2.07. The van der Waals surface area contributed by atoms with E-state index < -0.39 is 0 Å². The molecule has 3 heteroatoms. The quantitative estimate of drug-likeness (QED) is 0.771. The topological polar surface area (TPSA) is 24.9 Å². The van der Waals surface area contributed by atoms with Crippen LogP contribution in [0.2, 0.25) is 0 Å². The third kappa shape index (κ3) is 3.15. The van der Waals surface area contributed by atoms with Crippen molar-refractivity contribution in [2.75, 3.05) is 6.54 Å². The lowest BCUT2D eigenvalue weighted by molar-refractivity contribution is 0.663. The molecule has 0 radical (unpaired) electrons. The van der Waals surface area contributed by atoms with Crippen molar-refractivity contribution in [3.05, 3.63) is 22.7 Å². The monoisotopic (exact) mass is 182 g/mol. The van der Waals surface area contributed by atoms with Gasteiger partial charge in [-0.15, -0.1) is 11.3 Å². The van der Waals surface area contributed by atoms with Gasteiger partial charge in [0.25, 0.3) is 0 Å². The number of nitrogens with one attached hydrogen (secondary N) is 1. The highest BCUT2D eigenvalue weighted by atomic mass is 32.1. The molecule has 1 heterocycles. The molecule has 0 aliphatic rings. The first-order chi connectivity index (χ1) is 5.83. The zero-order chi connectivity index (χ0) is 8.81. The van der Waals surface area contributed by atoms with E-state index in [2.05, 4.69) is 36.3 Å². The van der Waals surface area contributed by atoms with Crippen LogP contribution < -0.4 is 5.32 Å². The smallest absolute Gasteiger partial charge is 0.0797 e. The van der Waals surface area contributed by atoms with Crippen molar-refractivity contribution in [2.24, 2.45) is 0 Å². The van der Waals surface area contributed by atoms with E-state index in [0.29, 0.717) is 6.04 Å². The molecule has 0 aliphatic carbocycles. The summed E-state index contributed by atoms with van der Waals surface area (Å²) in [7, 11) is 0. The first-order valence-electron chi connectivity index (χ1n) is 4.13. The van der Waals surface area contributed by atoms with Gasteiger partial charge in [-0.05, 0) is 19.5 Å². The summed E-state index contributed by atoms with van der Waals surface area (Å²) in [5, 5.41) is 3.31. The zero-order valence-corrected chi connectivity index (χ0v) is 8.27. The average molecular weight is 182 g/mol. The minimum atomic E-state index is 0.442. The molecule has 12 heavy (non-hydrogen) atoms. The van der Waals surface area contributed by atoms with Crippen LogP contribution in [0, 0.1) is 0 Å². The molecule has 0 aromatic carbocycles. The number of aromatic nitrogens is 1. The molecule has 1 atom stereocenters. The molecular weight excluding hydrogens is 168 g/mol. The lowest BCUT2D eigenvalue weighted by atomic mass is 10.3. The van der Waals surface area contributed by atoms with E-state index in [0.717, 1.165) is 6.54 Å². The second-order valence-electron chi connectivity index (χ2n) is 2.61. The van der Waals surface area contributed by atoms with E-state index in [1.165, 1.54) is 4.88 Å². The van der Waals surface area contributed by atoms with Crippen LogP contribution in [0.25, 0.3) is 6.08 Å². The Bertz CT molecular complexity index is 229. The highest BCUT2D eigenvalue weighted by Gasteiger charge is 1.92. The van der Waals surface area contributed by atoms with Crippen LogP contribution >= 0.6 is 11.3 Å². The summed E-state index contributed by atoms with van der Waals surface area (Å²) in [5.74, 6) is 0. The van der Waals surface area contributed by atoms with E-state index in [1.807, 2.05) is 11.7 Å². The van der Waals surface area contributed by atoms with Crippen molar-refractivity contribution in [1.29, 1.82) is 0 Å². The Morgan fingerprint density at radius 2 is 2.58 bits per heavy atom. The Hall–Kier alpha value is -0.670. The van der Waals surface area contributed by atoms with Crippen molar-refractivity contribution in [3.63, 3.8) is 0 Å². The summed E-state index contributed by atoms with van der Waals surface area (Å²) in [6, 6.07) is 0.442. The highest BCUT2D eigenvalue weighted by molar-refractivity contribution is 7.10. The molecular formula is C9H14N2S. The number of nitrogens with zero attached hydrogens (tertiary/aromatic N) is 1. The molecule has 0 saturated carbocycles. The van der Waals surface area contributed by atoms with E-state index in [1.54, 1.807) is 11.3 Å². The summed E-state index contributed by atoms with van der Waals surface area (Å²) in [6.45, 7) is 5.26. The molecule has 0 saturated heterocycles. The Morgan fingerprint density at radius 1 is 1.75 bits per heavy atom. The Balaban J connectivity index is 2.40. The minimum Gasteiger partial charge on any atom is -0.311 e. The van der Waals surface area contributed by atoms with Gasteiger partial charge in [0.1, 0.15) is 0 Å². The molecule has 1 unspecified atom stereocenters. The third-order valence-electron chi connectivity index (χ3n) is 1.53. The van der Waals surface area contributed by atoms with Gasteiger partial charge in [0.05, 0.1) is 5.51 Å². The van der Waals surface area contributed by atoms with Crippen molar-refractivity contribution >= 4 is 17.4 Å². The van der Waals surface area contributed by atoms with Crippen LogP contribution in [-0.2, 0) is 0 Å². The molecule has 0 fully saturated rings. The first-order valence-corrected chi connectivity index (χ1v) is 5.01. The fraction of sp³-hybridized carbons (Fsp3) is 0.444. The number of thiazole rings is 1. The van der Waals surface area contributed by atoms with Gasteiger partial charge in [0.15, 0.2) is 0 Å². The predicted octanol–water partition coefficient (Wildman–Crippen LogP) is 2.15. The van der Waals surface area contributed by atoms with Gasteiger partial charge >= 0.3 is 0 Å². The maximum atomic E-state index is 3.99. The molecule has 1 aromatic heterocycles. The van der Waals surface area contributed by atoms with Crippen molar-refractivity contribution in [2.45, 2.75) is 19.9 Å². The number of rotatable bonds is 4. The van der Waals surface area contributed by atoms with Gasteiger partial charge in [0.2, 0.25) is 0 Å². The van der Waals surface area contributed by atoms with Crippen molar-refractivity contribution in [1.82, 2.24) is 10.3 Å². The van der Waals surface area contributed by atoms with Crippen LogP contribution in [0.1, 0.15) is 18.7 Å². The molecule has 1 aromatic rings. The molecule has 0 amide bonds. The van der Waals surface area contributed by atoms with Gasteiger partial charge in [-0.2, -0.15) is 0 Å². The van der Waals surface area contributed by atoms with E-state index in [-0.39, 0.29) is 0 Å². The van der Waals surface area contributed by atoms with E-state index in [4.69, 9.17) is 0 Å². The molecule has 0 aliphatic heterocycles. The summed E-state index contributed by atoms with van der Waals surface area (Å²) in [4.78, 5) is 5.20. The zero-order valence-electron chi connectivity index (χ0n) is 7.45. The fourth-order valence-electron chi connectivity index (χ4n) is 0.937. The molecule has 2 nitrogen and oxygen atoms in total. The van der Waals surface area contributed by atoms with Crippen LogP contribution in [-0.4, -0.2) is 17.6 Å². The summed E-state index contributed by atoms with van der Waals surface area (Å²) >= 11 is 1.66. The van der Waals surface area contributed by atoms with Crippen LogP contribution in [0.5, 0.6) is 0 Å². The van der Waals surface area contributed by atoms with Crippen molar-refractivity contribution in [3.8, 4) is 0 Å². The summed E-state index contributed by atoms with van der Waals surface area (Å²) in [5.41, 5.74) is 1.84. The Labute approximate surface area is 77.3 Å². The first kappa shape index (κ1) is 9.42. The van der Waals surface area contributed by atoms with E-state index >= 15 is 0 Å². The fourth-order valence-corrected chi connectivity index (χ4v) is 1.46. The summed E-state index contributed by atoms with van der Waals surface area (Å²) < 4.78 is 0. The normalized spacial score (nSPS) is 13.8. The van der Waals surface area contributed by atoms with Crippen molar-refractivity contribution < 1.29 is 0 Å². The maximum Gasteiger partial charge on any atom is 0.0797 e. The predicted molar refractivity (Wildman–Crippen MR) is 54.3 cm³/mol. The third-order valence-corrected chi connectivity index (χ3v) is 2.27. The molecule has 1 rings (SSSR count). The average Bonchev–Trinajstić information content (AvgIpc) is 2.53. The van der Waals surface area contributed by atoms with Crippen LogP contribution in [0.4, 0.5) is 0 Å². The molecule has 66 valence electrons. The Morgan fingerprint density at radius 3 is 3.17 bits per heavy atom. The number of likely N-dealkylation sites (N-methyl/N-ethyl adjacent to an activating group) is 1. The standard InChI is InChI=1S/C9H14N2S/c1-3-11-8(2)4-5-9-6-10-7-12-9/h4-8,11H,3H2,1-2H3/b5-4+. The Kier molecular flexibility index (Phi) is 3.97. The summed E-state index contributed by atoms with van der Waals surface area (Å²) in [6.07, 6.45) is 6.13. The second kappa shape index (κ2) is 5.06. The van der Waals surface area contributed by atoms with E-state index in [9.17, 15) is 0 Å². The van der Waals surface area contributed by atoms with Gasteiger partial charge < -0.3 is 5.32 Å². The van der Waals surface area contributed by atoms with Gasteiger partial charge in [0, 0.05) is 17.1 Å². The van der Waals surface area contributed by atoms with Gasteiger partial charge in [-0.25, -0.2) is 0 Å². The number of hydrogen-bond donors (Lipinski definition) is 1. The lowest BCUT2D eigenvalue weighted by Crippen LogP contribution is -2.22. The molecule has 1 N–H and O–H groups in total. The molecule has 0 bridgehead atoms. The van der Waals surface area contributed by atoms with Gasteiger partial charge in [-0.3, -0.25) is 4.98 Å². The largest absolute Gasteiger partial charge is 0.311 e. The van der Waals surface area contributed by atoms with Crippen LogP contribution in [0.15, 0.2) is 17.8 Å². The SMILES string of the molecule is CCNC(C)/C=C/c1cncs1. The van der Waals surface area contributed by atoms with Gasteiger partial charge in [-0.1, -0.05) is 13.0 Å².